The molecule has 0 aromatic heterocycles. The first kappa shape index (κ1) is 29.3. The van der Waals surface area contributed by atoms with Gasteiger partial charge in [-0.2, -0.15) is 0 Å². The first-order valence-electron chi connectivity index (χ1n) is 17.4. The van der Waals surface area contributed by atoms with Crippen LogP contribution in [0.1, 0.15) is 22.3 Å². The van der Waals surface area contributed by atoms with E-state index in [1.165, 1.54) is 22.3 Å². The molecule has 8 aromatic carbocycles. The zero-order valence-corrected chi connectivity index (χ0v) is 27.8. The van der Waals surface area contributed by atoms with Crippen LogP contribution in [0.25, 0.3) is 44.5 Å². The summed E-state index contributed by atoms with van der Waals surface area (Å²) in [5, 5.41) is 0. The van der Waals surface area contributed by atoms with E-state index < -0.39 is 5.41 Å². The van der Waals surface area contributed by atoms with Gasteiger partial charge in [-0.1, -0.05) is 158 Å². The summed E-state index contributed by atoms with van der Waals surface area (Å²) in [6.07, 6.45) is 0. The maximum Gasteiger partial charge on any atom is 0.132 e. The highest BCUT2D eigenvalue weighted by molar-refractivity contribution is 5.81. The topological polar surface area (TPSA) is 18.5 Å². The van der Waals surface area contributed by atoms with Gasteiger partial charge in [0, 0.05) is 22.3 Å². The fraction of sp³-hybridized carbons (Fsp3) is 0.0204. The average molecular weight is 653 g/mol. The molecule has 0 atom stereocenters. The van der Waals surface area contributed by atoms with Gasteiger partial charge < -0.3 is 9.47 Å². The minimum absolute atomic E-state index is 0.650. The molecule has 8 aromatic rings. The molecule has 0 bridgehead atoms. The Kier molecular flexibility index (Phi) is 6.75. The number of para-hydroxylation sites is 2. The van der Waals surface area contributed by atoms with E-state index in [1.807, 2.05) is 0 Å². The van der Waals surface area contributed by atoms with Crippen LogP contribution in [-0.2, 0) is 5.41 Å². The second-order valence-electron chi connectivity index (χ2n) is 13.3. The van der Waals surface area contributed by atoms with Crippen LogP contribution < -0.4 is 9.47 Å². The Hall–Kier alpha value is -6.64. The third-order valence-electron chi connectivity index (χ3n) is 10.4. The van der Waals surface area contributed by atoms with Crippen molar-refractivity contribution in [3.05, 3.63) is 216 Å². The van der Waals surface area contributed by atoms with Gasteiger partial charge in [-0.05, 0) is 80.9 Å². The number of hydrogen-bond donors (Lipinski definition) is 0. The summed E-state index contributed by atoms with van der Waals surface area (Å²) in [6, 6.07) is 68.9. The molecule has 0 N–H and O–H groups in total. The zero-order chi connectivity index (χ0) is 33.8. The molecule has 0 saturated carbocycles. The lowest BCUT2D eigenvalue weighted by atomic mass is 9.62. The second kappa shape index (κ2) is 11.8. The average Bonchev–Trinajstić information content (AvgIpc) is 3.21. The summed E-state index contributed by atoms with van der Waals surface area (Å²) in [5.74, 6) is 3.39. The fourth-order valence-electron chi connectivity index (χ4n) is 8.05. The van der Waals surface area contributed by atoms with Crippen molar-refractivity contribution < 1.29 is 9.47 Å². The van der Waals surface area contributed by atoms with Gasteiger partial charge in [0.05, 0.1) is 5.41 Å². The summed E-state index contributed by atoms with van der Waals surface area (Å²) >= 11 is 0. The van der Waals surface area contributed by atoms with E-state index in [0.717, 1.165) is 67.5 Å². The van der Waals surface area contributed by atoms with Gasteiger partial charge in [-0.15, -0.1) is 0 Å². The van der Waals surface area contributed by atoms with Crippen LogP contribution in [0, 0.1) is 0 Å². The smallest absolute Gasteiger partial charge is 0.132 e. The van der Waals surface area contributed by atoms with Crippen LogP contribution >= 0.6 is 0 Å². The highest BCUT2D eigenvalue weighted by atomic mass is 16.5. The Labute approximate surface area is 297 Å². The normalized spacial score (nSPS) is 13.2. The highest BCUT2D eigenvalue weighted by Gasteiger charge is 2.50. The molecule has 0 radical (unpaired) electrons. The molecule has 0 unspecified atom stereocenters. The van der Waals surface area contributed by atoms with Gasteiger partial charge >= 0.3 is 0 Å². The monoisotopic (exact) mass is 652 g/mol. The van der Waals surface area contributed by atoms with E-state index >= 15 is 0 Å². The molecule has 0 amide bonds. The van der Waals surface area contributed by atoms with E-state index in [2.05, 4.69) is 194 Å². The van der Waals surface area contributed by atoms with E-state index in [4.69, 9.17) is 9.47 Å². The van der Waals surface area contributed by atoms with Crippen molar-refractivity contribution in [3.63, 3.8) is 0 Å². The first-order valence-corrected chi connectivity index (χ1v) is 17.4. The lowest BCUT2D eigenvalue weighted by molar-refractivity contribution is 0.399. The van der Waals surface area contributed by atoms with Crippen LogP contribution in [0.3, 0.4) is 0 Å². The molecular formula is C49H32O2. The Balaban J connectivity index is 1.16. The summed E-state index contributed by atoms with van der Waals surface area (Å²) in [7, 11) is 0. The zero-order valence-electron chi connectivity index (χ0n) is 27.8. The second-order valence-corrected chi connectivity index (χ2v) is 13.3. The molecule has 240 valence electrons. The quantitative estimate of drug-likeness (QED) is 0.188. The fourth-order valence-corrected chi connectivity index (χ4v) is 8.05. The van der Waals surface area contributed by atoms with E-state index in [0.29, 0.717) is 0 Å². The first-order chi connectivity index (χ1) is 25.3. The van der Waals surface area contributed by atoms with Crippen molar-refractivity contribution in [1.29, 1.82) is 0 Å². The molecule has 2 aliphatic heterocycles. The summed E-state index contributed by atoms with van der Waals surface area (Å²) in [6.45, 7) is 0. The summed E-state index contributed by atoms with van der Waals surface area (Å²) in [4.78, 5) is 0. The number of ether oxygens (including phenoxy) is 2. The predicted molar refractivity (Wildman–Crippen MR) is 207 cm³/mol. The number of benzene rings is 8. The van der Waals surface area contributed by atoms with Crippen molar-refractivity contribution in [2.75, 3.05) is 0 Å². The summed E-state index contributed by atoms with van der Waals surface area (Å²) in [5.41, 5.74) is 13.0. The maximum absolute atomic E-state index is 6.82. The number of rotatable bonds is 4. The third kappa shape index (κ3) is 4.72. The van der Waals surface area contributed by atoms with Gasteiger partial charge in [0.1, 0.15) is 23.0 Å². The van der Waals surface area contributed by atoms with Gasteiger partial charge in [0.25, 0.3) is 0 Å². The molecule has 2 heteroatoms. The van der Waals surface area contributed by atoms with Gasteiger partial charge in [0.2, 0.25) is 0 Å². The maximum atomic E-state index is 6.82. The third-order valence-corrected chi connectivity index (χ3v) is 10.4. The van der Waals surface area contributed by atoms with E-state index in [9.17, 15) is 0 Å². The molecule has 10 rings (SSSR count). The van der Waals surface area contributed by atoms with Crippen molar-refractivity contribution in [2.24, 2.45) is 0 Å². The Morgan fingerprint density at radius 1 is 0.235 bits per heavy atom. The Morgan fingerprint density at radius 2 is 0.569 bits per heavy atom. The van der Waals surface area contributed by atoms with Crippen molar-refractivity contribution >= 4 is 0 Å². The molecule has 2 nitrogen and oxygen atoms in total. The lowest BCUT2D eigenvalue weighted by Gasteiger charge is -2.45. The SMILES string of the molecule is c1ccc(-c2cccc(-c3ccc4c(c3)Oc3ccccc3C43c4ccccc4Oc4cc(-c5cccc(-c6ccccc6)c5)ccc43)c2)cc1. The molecular weight excluding hydrogens is 621 g/mol. The standard InChI is InChI=1S/C49H32O2/c1-3-13-33(14-4-1)35-17-11-19-37(29-35)39-25-27-43-47(31-39)50-45-23-9-7-21-41(45)49(43)42-22-8-10-24-46(42)51-48-32-40(26-28-44(48)49)38-20-12-18-36(30-38)34-15-5-2-6-16-34/h1-32H. The number of fused-ring (bicyclic) bond motifs is 8. The van der Waals surface area contributed by atoms with Crippen LogP contribution in [0.2, 0.25) is 0 Å². The van der Waals surface area contributed by atoms with Crippen molar-refractivity contribution in [2.45, 2.75) is 5.41 Å². The summed E-state index contributed by atoms with van der Waals surface area (Å²) < 4.78 is 13.6. The van der Waals surface area contributed by atoms with Crippen molar-refractivity contribution in [3.8, 4) is 67.5 Å². The Bertz CT molecular complexity index is 2400. The highest BCUT2D eigenvalue weighted by Crippen LogP contribution is 2.62. The molecule has 2 heterocycles. The molecule has 0 aliphatic carbocycles. The molecule has 0 saturated heterocycles. The largest absolute Gasteiger partial charge is 0.457 e. The molecule has 51 heavy (non-hydrogen) atoms. The lowest BCUT2D eigenvalue weighted by Crippen LogP contribution is -2.36. The van der Waals surface area contributed by atoms with E-state index in [1.54, 1.807) is 0 Å². The van der Waals surface area contributed by atoms with Crippen LogP contribution in [0.4, 0.5) is 0 Å². The van der Waals surface area contributed by atoms with Crippen molar-refractivity contribution in [1.82, 2.24) is 0 Å². The van der Waals surface area contributed by atoms with E-state index in [-0.39, 0.29) is 0 Å². The minimum atomic E-state index is -0.650. The predicted octanol–water partition coefficient (Wildman–Crippen LogP) is 12.9. The molecule has 2 aliphatic rings. The Morgan fingerprint density at radius 3 is 1.02 bits per heavy atom. The van der Waals surface area contributed by atoms with Gasteiger partial charge in [-0.3, -0.25) is 0 Å². The minimum Gasteiger partial charge on any atom is -0.457 e. The van der Waals surface area contributed by atoms with Crippen LogP contribution in [-0.4, -0.2) is 0 Å². The molecule has 1 spiro atoms. The van der Waals surface area contributed by atoms with Gasteiger partial charge in [0.15, 0.2) is 0 Å². The molecule has 0 fully saturated rings. The van der Waals surface area contributed by atoms with Gasteiger partial charge in [-0.25, -0.2) is 0 Å². The van der Waals surface area contributed by atoms with Crippen LogP contribution in [0.15, 0.2) is 194 Å². The number of hydrogen-bond acceptors (Lipinski definition) is 2. The van der Waals surface area contributed by atoms with Crippen LogP contribution in [0.5, 0.6) is 23.0 Å².